The molecule has 1 aromatic heterocycles. The molecule has 1 aliphatic heterocycles. The van der Waals surface area contributed by atoms with Gasteiger partial charge in [0.15, 0.2) is 0 Å². The van der Waals surface area contributed by atoms with Gasteiger partial charge in [-0.2, -0.15) is 0 Å². The lowest BCUT2D eigenvalue weighted by atomic mass is 10.0. The number of benzene rings is 1. The van der Waals surface area contributed by atoms with Crippen molar-refractivity contribution in [2.24, 2.45) is 0 Å². The zero-order valence-corrected chi connectivity index (χ0v) is 15.8. The van der Waals surface area contributed by atoms with Crippen LogP contribution in [-0.2, 0) is 11.3 Å². The number of hydrogen-bond donors (Lipinski definition) is 1. The Morgan fingerprint density at radius 1 is 1.27 bits per heavy atom. The summed E-state index contributed by atoms with van der Waals surface area (Å²) in [7, 11) is 1.65. The number of aryl methyl sites for hydroxylation is 1. The molecule has 0 saturated carbocycles. The summed E-state index contributed by atoms with van der Waals surface area (Å²) in [5.41, 5.74) is 4.18. The monoisotopic (exact) mass is 373 g/mol. The molecular formula is C19H23N3O3S. The first-order valence-electron chi connectivity index (χ1n) is 8.66. The molecule has 2 amide bonds. The van der Waals surface area contributed by atoms with Crippen LogP contribution in [0.2, 0.25) is 0 Å². The van der Waals surface area contributed by atoms with Gasteiger partial charge in [-0.3, -0.25) is 9.59 Å². The summed E-state index contributed by atoms with van der Waals surface area (Å²) in [6, 6.07) is 7.62. The van der Waals surface area contributed by atoms with E-state index in [0.29, 0.717) is 30.1 Å². The second-order valence-corrected chi connectivity index (χ2v) is 7.29. The lowest BCUT2D eigenvalue weighted by Gasteiger charge is -2.32. The number of piperidine rings is 1. The Labute approximate surface area is 157 Å². The minimum atomic E-state index is -0.0662. The average molecular weight is 373 g/mol. The molecule has 1 saturated heterocycles. The number of thiazole rings is 1. The van der Waals surface area contributed by atoms with E-state index in [2.05, 4.69) is 10.3 Å². The third-order valence-electron chi connectivity index (χ3n) is 4.58. The van der Waals surface area contributed by atoms with Gasteiger partial charge in [-0.25, -0.2) is 4.98 Å². The lowest BCUT2D eigenvalue weighted by Crippen LogP contribution is -2.46. The number of nitrogens with zero attached hydrogens (tertiary/aromatic N) is 2. The van der Waals surface area contributed by atoms with E-state index in [-0.39, 0.29) is 17.9 Å². The van der Waals surface area contributed by atoms with E-state index in [4.69, 9.17) is 4.74 Å². The third-order valence-corrected chi connectivity index (χ3v) is 5.51. The Hall–Kier alpha value is -2.25. The summed E-state index contributed by atoms with van der Waals surface area (Å²) in [4.78, 5) is 31.5. The lowest BCUT2D eigenvalue weighted by molar-refractivity contribution is 0.0698. The molecule has 6 nitrogen and oxygen atoms in total. The number of carbonyl (C=O) groups excluding carboxylic acids is 2. The van der Waals surface area contributed by atoms with E-state index < -0.39 is 0 Å². The number of rotatable bonds is 5. The summed E-state index contributed by atoms with van der Waals surface area (Å²) in [6.07, 6.45) is 1.52. The van der Waals surface area contributed by atoms with Crippen molar-refractivity contribution in [2.45, 2.75) is 32.4 Å². The normalized spacial score (nSPS) is 15.1. The van der Waals surface area contributed by atoms with Crippen LogP contribution in [0, 0.1) is 6.92 Å². The van der Waals surface area contributed by atoms with Crippen LogP contribution in [0.5, 0.6) is 0 Å². The number of carbonyl (C=O) groups is 2. The SMILES string of the molecule is COCc1ccc(C(=O)N2CCC(NC(=O)c3scnc3C)CC2)cc1. The summed E-state index contributed by atoms with van der Waals surface area (Å²) < 4.78 is 5.09. The highest BCUT2D eigenvalue weighted by Crippen LogP contribution is 2.17. The van der Waals surface area contributed by atoms with Crippen LogP contribution in [0.1, 0.15) is 44.1 Å². The number of methoxy groups -OCH3 is 1. The van der Waals surface area contributed by atoms with E-state index in [1.54, 1.807) is 12.6 Å². The van der Waals surface area contributed by atoms with E-state index in [9.17, 15) is 9.59 Å². The van der Waals surface area contributed by atoms with E-state index in [1.807, 2.05) is 36.1 Å². The van der Waals surface area contributed by atoms with Crippen molar-refractivity contribution in [1.82, 2.24) is 15.2 Å². The minimum Gasteiger partial charge on any atom is -0.380 e. The molecular weight excluding hydrogens is 350 g/mol. The summed E-state index contributed by atoms with van der Waals surface area (Å²) in [5.74, 6) is -0.0273. The van der Waals surface area contributed by atoms with Gasteiger partial charge in [0, 0.05) is 31.8 Å². The molecule has 0 spiro atoms. The van der Waals surface area contributed by atoms with Crippen molar-refractivity contribution < 1.29 is 14.3 Å². The van der Waals surface area contributed by atoms with Crippen LogP contribution in [0.25, 0.3) is 0 Å². The largest absolute Gasteiger partial charge is 0.380 e. The Morgan fingerprint density at radius 2 is 1.96 bits per heavy atom. The van der Waals surface area contributed by atoms with E-state index >= 15 is 0 Å². The molecule has 1 fully saturated rings. The first kappa shape index (κ1) is 18.5. The fourth-order valence-corrected chi connectivity index (χ4v) is 3.80. The molecule has 1 aliphatic rings. The molecule has 26 heavy (non-hydrogen) atoms. The summed E-state index contributed by atoms with van der Waals surface area (Å²) in [5, 5.41) is 3.06. The molecule has 138 valence electrons. The Morgan fingerprint density at radius 3 is 2.54 bits per heavy atom. The second kappa shape index (κ2) is 8.42. The number of ether oxygens (including phenoxy) is 1. The van der Waals surface area contributed by atoms with Crippen molar-refractivity contribution in [1.29, 1.82) is 0 Å². The van der Waals surface area contributed by atoms with Gasteiger partial charge in [0.05, 0.1) is 17.8 Å². The van der Waals surface area contributed by atoms with Crippen LogP contribution in [-0.4, -0.2) is 47.9 Å². The molecule has 0 radical (unpaired) electrons. The van der Waals surface area contributed by atoms with Gasteiger partial charge in [-0.05, 0) is 37.5 Å². The third kappa shape index (κ3) is 4.28. The van der Waals surface area contributed by atoms with Gasteiger partial charge in [-0.15, -0.1) is 11.3 Å². The minimum absolute atomic E-state index is 0.0389. The molecule has 0 aliphatic carbocycles. The maximum atomic E-state index is 12.6. The standard InChI is InChI=1S/C19H23N3O3S/c1-13-17(26-12-20-13)18(23)21-16-7-9-22(10-8-16)19(24)15-5-3-14(4-6-15)11-25-2/h3-6,12,16H,7-11H2,1-2H3,(H,21,23). The maximum Gasteiger partial charge on any atom is 0.263 e. The fraction of sp³-hybridized carbons (Fsp3) is 0.421. The zero-order valence-electron chi connectivity index (χ0n) is 15.0. The van der Waals surface area contributed by atoms with E-state index in [0.717, 1.165) is 24.1 Å². The van der Waals surface area contributed by atoms with Crippen molar-refractivity contribution >= 4 is 23.2 Å². The molecule has 1 N–H and O–H groups in total. The Kier molecular flexibility index (Phi) is 6.00. The number of hydrogen-bond acceptors (Lipinski definition) is 5. The second-order valence-electron chi connectivity index (χ2n) is 6.44. The van der Waals surface area contributed by atoms with Gasteiger partial charge in [0.2, 0.25) is 0 Å². The number of nitrogens with one attached hydrogen (secondary N) is 1. The van der Waals surface area contributed by atoms with Crippen LogP contribution in [0.15, 0.2) is 29.8 Å². The van der Waals surface area contributed by atoms with Crippen LogP contribution in [0.4, 0.5) is 0 Å². The van der Waals surface area contributed by atoms with Crippen molar-refractivity contribution in [3.05, 3.63) is 51.5 Å². The molecule has 0 atom stereocenters. The number of amides is 2. The highest BCUT2D eigenvalue weighted by atomic mass is 32.1. The van der Waals surface area contributed by atoms with Gasteiger partial charge in [-0.1, -0.05) is 12.1 Å². The zero-order chi connectivity index (χ0) is 18.5. The van der Waals surface area contributed by atoms with Gasteiger partial charge >= 0.3 is 0 Å². The molecule has 7 heteroatoms. The van der Waals surface area contributed by atoms with Crippen LogP contribution >= 0.6 is 11.3 Å². The highest BCUT2D eigenvalue weighted by Gasteiger charge is 2.25. The predicted octanol–water partition coefficient (Wildman–Crippen LogP) is 2.63. The molecule has 0 bridgehead atoms. The highest BCUT2D eigenvalue weighted by molar-refractivity contribution is 7.11. The summed E-state index contributed by atoms with van der Waals surface area (Å²) in [6.45, 7) is 3.67. The van der Waals surface area contributed by atoms with Crippen LogP contribution in [0.3, 0.4) is 0 Å². The van der Waals surface area contributed by atoms with Gasteiger partial charge in [0.1, 0.15) is 4.88 Å². The molecule has 3 rings (SSSR count). The quantitative estimate of drug-likeness (QED) is 0.875. The Bertz CT molecular complexity index is 765. The van der Waals surface area contributed by atoms with Crippen LogP contribution < -0.4 is 5.32 Å². The summed E-state index contributed by atoms with van der Waals surface area (Å²) >= 11 is 1.36. The Balaban J connectivity index is 1.52. The molecule has 1 aromatic carbocycles. The molecule has 0 unspecified atom stereocenters. The van der Waals surface area contributed by atoms with Gasteiger partial charge in [0.25, 0.3) is 11.8 Å². The van der Waals surface area contributed by atoms with Crippen molar-refractivity contribution in [3.63, 3.8) is 0 Å². The predicted molar refractivity (Wildman–Crippen MR) is 100 cm³/mol. The first-order valence-corrected chi connectivity index (χ1v) is 9.54. The van der Waals surface area contributed by atoms with Gasteiger partial charge < -0.3 is 15.0 Å². The average Bonchev–Trinajstić information content (AvgIpc) is 3.09. The maximum absolute atomic E-state index is 12.6. The number of likely N-dealkylation sites (tertiary alicyclic amines) is 1. The molecule has 2 heterocycles. The molecule has 2 aromatic rings. The van der Waals surface area contributed by atoms with E-state index in [1.165, 1.54) is 11.3 Å². The smallest absolute Gasteiger partial charge is 0.263 e. The van der Waals surface area contributed by atoms with Crippen molar-refractivity contribution in [3.8, 4) is 0 Å². The first-order chi connectivity index (χ1) is 12.6. The fourth-order valence-electron chi connectivity index (χ4n) is 3.09. The van der Waals surface area contributed by atoms with Crippen molar-refractivity contribution in [2.75, 3.05) is 20.2 Å². The number of aromatic nitrogens is 1. The topological polar surface area (TPSA) is 71.5 Å².